The molecule has 8 heteroatoms. The number of benzene rings is 1. The summed E-state index contributed by atoms with van der Waals surface area (Å²) in [7, 11) is 0. The van der Waals surface area contributed by atoms with Gasteiger partial charge in [-0.1, -0.05) is 6.07 Å². The molecule has 21 heavy (non-hydrogen) atoms. The number of alkyl halides is 3. The number of fused-ring (bicyclic) bond motifs is 1. The minimum absolute atomic E-state index is 0.0405. The molecule has 1 unspecified atom stereocenters. The second kappa shape index (κ2) is 6.21. The number of carbonyl (C=O) groups excluding carboxylic acids is 1. The number of ether oxygens (including phenoxy) is 3. The first kappa shape index (κ1) is 15.4. The Bertz CT molecular complexity index is 519. The number of halogens is 3. The van der Waals surface area contributed by atoms with Crippen LogP contribution in [0, 0.1) is 0 Å². The Morgan fingerprint density at radius 3 is 2.76 bits per heavy atom. The summed E-state index contributed by atoms with van der Waals surface area (Å²) in [5.41, 5.74) is 0.321. The molecule has 5 nitrogen and oxygen atoms in total. The number of esters is 1. The van der Waals surface area contributed by atoms with Crippen LogP contribution in [0.1, 0.15) is 18.5 Å². The number of hydrogen-bond donors (Lipinski definition) is 1. The van der Waals surface area contributed by atoms with Crippen LogP contribution in [0.4, 0.5) is 13.2 Å². The molecule has 0 bridgehead atoms. The third-order valence-corrected chi connectivity index (χ3v) is 2.76. The molecule has 1 aromatic carbocycles. The van der Waals surface area contributed by atoms with Gasteiger partial charge >= 0.3 is 12.1 Å². The molecule has 1 atom stereocenters. The maximum absolute atomic E-state index is 12.3. The quantitative estimate of drug-likeness (QED) is 0.845. The Morgan fingerprint density at radius 1 is 1.38 bits per heavy atom. The first-order valence-electron chi connectivity index (χ1n) is 6.27. The zero-order chi connectivity index (χ0) is 15.5. The highest BCUT2D eigenvalue weighted by molar-refractivity contribution is 5.78. The van der Waals surface area contributed by atoms with Crippen molar-refractivity contribution in [3.8, 4) is 11.5 Å². The fourth-order valence-corrected chi connectivity index (χ4v) is 1.87. The highest BCUT2D eigenvalue weighted by Gasteiger charge is 2.32. The lowest BCUT2D eigenvalue weighted by Gasteiger charge is -2.19. The molecule has 0 saturated carbocycles. The highest BCUT2D eigenvalue weighted by Crippen LogP contribution is 2.34. The Kier molecular flexibility index (Phi) is 4.56. The molecular weight excluding hydrogens is 291 g/mol. The summed E-state index contributed by atoms with van der Waals surface area (Å²) >= 11 is 0. The summed E-state index contributed by atoms with van der Waals surface area (Å²) in [5, 5.41) is 2.16. The van der Waals surface area contributed by atoms with Crippen LogP contribution in [0.25, 0.3) is 0 Å². The lowest BCUT2D eigenvalue weighted by molar-refractivity contribution is -0.149. The number of carbonyl (C=O) groups is 1. The van der Waals surface area contributed by atoms with Crippen LogP contribution < -0.4 is 14.8 Å². The molecule has 0 aliphatic carbocycles. The van der Waals surface area contributed by atoms with E-state index in [1.807, 2.05) is 0 Å². The third-order valence-electron chi connectivity index (χ3n) is 2.76. The molecule has 0 radical (unpaired) electrons. The van der Waals surface area contributed by atoms with Crippen molar-refractivity contribution in [3.63, 3.8) is 0 Å². The SMILES string of the molecule is CCOC(=O)C(NCC(F)(F)F)c1ccc2c(c1)OCO2. The van der Waals surface area contributed by atoms with Crippen LogP contribution in [-0.2, 0) is 9.53 Å². The van der Waals surface area contributed by atoms with Crippen LogP contribution in [0.5, 0.6) is 11.5 Å². The maximum atomic E-state index is 12.3. The van der Waals surface area contributed by atoms with Crippen molar-refractivity contribution in [2.45, 2.75) is 19.1 Å². The van der Waals surface area contributed by atoms with Crippen molar-refractivity contribution in [2.75, 3.05) is 19.9 Å². The van der Waals surface area contributed by atoms with Gasteiger partial charge in [0.05, 0.1) is 13.2 Å². The molecule has 1 aliphatic rings. The van der Waals surface area contributed by atoms with Crippen LogP contribution >= 0.6 is 0 Å². The molecule has 0 spiro atoms. The number of nitrogens with one attached hydrogen (secondary N) is 1. The van der Waals surface area contributed by atoms with Gasteiger partial charge in [-0.15, -0.1) is 0 Å². The molecule has 116 valence electrons. The van der Waals surface area contributed by atoms with Crippen molar-refractivity contribution >= 4 is 5.97 Å². The molecule has 1 aromatic rings. The third kappa shape index (κ3) is 4.01. The Balaban J connectivity index is 2.19. The monoisotopic (exact) mass is 305 g/mol. The van der Waals surface area contributed by atoms with Crippen molar-refractivity contribution in [1.82, 2.24) is 5.32 Å². The molecule has 2 rings (SSSR count). The van der Waals surface area contributed by atoms with E-state index < -0.39 is 24.7 Å². The predicted molar refractivity (Wildman–Crippen MR) is 66.0 cm³/mol. The molecule has 0 aromatic heterocycles. The molecule has 0 amide bonds. The largest absolute Gasteiger partial charge is 0.465 e. The Morgan fingerprint density at radius 2 is 2.10 bits per heavy atom. The summed E-state index contributed by atoms with van der Waals surface area (Å²) in [5.74, 6) is 0.0911. The van der Waals surface area contributed by atoms with Gasteiger partial charge < -0.3 is 14.2 Å². The van der Waals surface area contributed by atoms with E-state index in [0.29, 0.717) is 17.1 Å². The first-order valence-corrected chi connectivity index (χ1v) is 6.27. The van der Waals surface area contributed by atoms with E-state index in [1.54, 1.807) is 13.0 Å². The van der Waals surface area contributed by atoms with Gasteiger partial charge in [0.25, 0.3) is 0 Å². The van der Waals surface area contributed by atoms with Gasteiger partial charge in [-0.3, -0.25) is 5.32 Å². The zero-order valence-electron chi connectivity index (χ0n) is 11.2. The summed E-state index contributed by atoms with van der Waals surface area (Å²) in [4.78, 5) is 11.8. The van der Waals surface area contributed by atoms with Gasteiger partial charge in [0.1, 0.15) is 6.04 Å². The van der Waals surface area contributed by atoms with Gasteiger partial charge in [0, 0.05) is 0 Å². The smallest absolute Gasteiger partial charge is 0.401 e. The van der Waals surface area contributed by atoms with Gasteiger partial charge in [0.2, 0.25) is 6.79 Å². The van der Waals surface area contributed by atoms with E-state index in [0.717, 1.165) is 0 Å². The lowest BCUT2D eigenvalue weighted by atomic mass is 10.1. The van der Waals surface area contributed by atoms with Gasteiger partial charge in [-0.2, -0.15) is 13.2 Å². The van der Waals surface area contributed by atoms with E-state index in [4.69, 9.17) is 14.2 Å². The second-order valence-electron chi connectivity index (χ2n) is 4.29. The predicted octanol–water partition coefficient (Wildman–Crippen LogP) is 2.17. The standard InChI is InChI=1S/C13H14F3NO4/c1-2-19-12(18)11(17-6-13(14,15)16)8-3-4-9-10(5-8)21-7-20-9/h3-5,11,17H,2,6-7H2,1H3. The van der Waals surface area contributed by atoms with E-state index in [-0.39, 0.29) is 13.4 Å². The molecule has 1 N–H and O–H groups in total. The minimum Gasteiger partial charge on any atom is -0.465 e. The average molecular weight is 305 g/mol. The van der Waals surface area contributed by atoms with Crippen molar-refractivity contribution in [1.29, 1.82) is 0 Å². The topological polar surface area (TPSA) is 56.8 Å². The van der Waals surface area contributed by atoms with E-state index in [1.165, 1.54) is 12.1 Å². The molecule has 0 fully saturated rings. The number of rotatable bonds is 5. The van der Waals surface area contributed by atoms with Crippen LogP contribution in [0.2, 0.25) is 0 Å². The van der Waals surface area contributed by atoms with Gasteiger partial charge in [-0.05, 0) is 24.6 Å². The summed E-state index contributed by atoms with van der Waals surface area (Å²) in [6.07, 6.45) is -4.43. The summed E-state index contributed by atoms with van der Waals surface area (Å²) in [6, 6.07) is 3.28. The average Bonchev–Trinajstić information content (AvgIpc) is 2.85. The summed E-state index contributed by atoms with van der Waals surface area (Å²) in [6.45, 7) is 0.399. The van der Waals surface area contributed by atoms with Crippen molar-refractivity contribution in [3.05, 3.63) is 23.8 Å². The van der Waals surface area contributed by atoms with E-state index >= 15 is 0 Å². The van der Waals surface area contributed by atoms with Gasteiger partial charge in [-0.25, -0.2) is 4.79 Å². The zero-order valence-corrected chi connectivity index (χ0v) is 11.2. The molecule has 1 heterocycles. The number of hydrogen-bond acceptors (Lipinski definition) is 5. The fourth-order valence-electron chi connectivity index (χ4n) is 1.87. The second-order valence-corrected chi connectivity index (χ2v) is 4.29. The lowest BCUT2D eigenvalue weighted by Crippen LogP contribution is -2.36. The minimum atomic E-state index is -4.43. The van der Waals surface area contributed by atoms with E-state index in [2.05, 4.69) is 5.32 Å². The van der Waals surface area contributed by atoms with Crippen molar-refractivity contribution < 1.29 is 32.2 Å². The molecule has 1 aliphatic heterocycles. The molecule has 0 saturated heterocycles. The normalized spacial score (nSPS) is 14.9. The molecular formula is C13H14F3NO4. The maximum Gasteiger partial charge on any atom is 0.401 e. The highest BCUT2D eigenvalue weighted by atomic mass is 19.4. The van der Waals surface area contributed by atoms with Crippen LogP contribution in [-0.4, -0.2) is 32.1 Å². The van der Waals surface area contributed by atoms with Crippen LogP contribution in [0.15, 0.2) is 18.2 Å². The van der Waals surface area contributed by atoms with Crippen molar-refractivity contribution in [2.24, 2.45) is 0 Å². The van der Waals surface area contributed by atoms with Crippen LogP contribution in [0.3, 0.4) is 0 Å². The Labute approximate surface area is 119 Å². The summed E-state index contributed by atoms with van der Waals surface area (Å²) < 4.78 is 52.1. The first-order chi connectivity index (χ1) is 9.90. The Hall–Kier alpha value is -1.96. The van der Waals surface area contributed by atoms with E-state index in [9.17, 15) is 18.0 Å². The fraction of sp³-hybridized carbons (Fsp3) is 0.462. The van der Waals surface area contributed by atoms with Gasteiger partial charge in [0.15, 0.2) is 11.5 Å².